The van der Waals surface area contributed by atoms with E-state index >= 15 is 0 Å². The molecule has 19 heavy (non-hydrogen) atoms. The van der Waals surface area contributed by atoms with Crippen molar-refractivity contribution in [2.24, 2.45) is 11.8 Å². The molecule has 2 aliphatic rings. The highest BCUT2D eigenvalue weighted by molar-refractivity contribution is 5.95. The van der Waals surface area contributed by atoms with Crippen molar-refractivity contribution < 1.29 is 9.72 Å². The molecule has 0 spiro atoms. The maximum absolute atomic E-state index is 12.1. The van der Waals surface area contributed by atoms with Gasteiger partial charge >= 0.3 is 0 Å². The van der Waals surface area contributed by atoms with Crippen molar-refractivity contribution in [2.45, 2.75) is 31.7 Å². The molecule has 5 nitrogen and oxygen atoms in total. The zero-order chi connectivity index (χ0) is 13.4. The molecule has 2 saturated carbocycles. The maximum Gasteiger partial charge on any atom is 0.270 e. The number of non-ortho nitro benzene ring substituents is 1. The molecule has 0 aromatic heterocycles. The summed E-state index contributed by atoms with van der Waals surface area (Å²) in [6, 6.07) is 6.16. The van der Waals surface area contributed by atoms with Crippen LogP contribution >= 0.6 is 0 Å². The minimum absolute atomic E-state index is 0.0411. The number of nitrogens with one attached hydrogen (secondary N) is 1. The van der Waals surface area contributed by atoms with Crippen molar-refractivity contribution in [3.05, 3.63) is 39.9 Å². The predicted molar refractivity (Wildman–Crippen MR) is 69.8 cm³/mol. The van der Waals surface area contributed by atoms with Crippen LogP contribution in [0.5, 0.6) is 0 Å². The van der Waals surface area contributed by atoms with E-state index in [1.165, 1.54) is 31.4 Å². The number of carbonyl (C=O) groups excluding carboxylic acids is 1. The lowest BCUT2D eigenvalue weighted by Gasteiger charge is -2.22. The molecule has 1 N–H and O–H groups in total. The van der Waals surface area contributed by atoms with E-state index in [4.69, 9.17) is 0 Å². The monoisotopic (exact) mass is 260 g/mol. The molecule has 5 heteroatoms. The molecule has 100 valence electrons. The highest BCUT2D eigenvalue weighted by atomic mass is 16.6. The van der Waals surface area contributed by atoms with Crippen LogP contribution in [0.25, 0.3) is 0 Å². The lowest BCUT2D eigenvalue weighted by atomic mass is 9.95. The molecular weight excluding hydrogens is 244 g/mol. The standard InChI is InChI=1S/C14H16N2O3/c17-14(11-2-1-3-12(8-11)16(18)19)15-13-7-9-4-5-10(13)6-9/h1-3,8-10,13H,4-7H2,(H,15,17)/t9-,10-,13+/m0/s1. The number of hydrogen-bond donors (Lipinski definition) is 1. The molecule has 2 bridgehead atoms. The fourth-order valence-electron chi connectivity index (χ4n) is 3.43. The molecule has 1 amide bonds. The number of nitro benzene ring substituents is 1. The van der Waals surface area contributed by atoms with E-state index in [1.807, 2.05) is 0 Å². The van der Waals surface area contributed by atoms with E-state index < -0.39 is 4.92 Å². The largest absolute Gasteiger partial charge is 0.349 e. The van der Waals surface area contributed by atoms with Gasteiger partial charge in [-0.1, -0.05) is 12.5 Å². The number of amides is 1. The first-order valence-electron chi connectivity index (χ1n) is 6.69. The first-order valence-corrected chi connectivity index (χ1v) is 6.69. The van der Waals surface area contributed by atoms with Crippen molar-refractivity contribution in [1.82, 2.24) is 5.32 Å². The molecule has 0 heterocycles. The van der Waals surface area contributed by atoms with Gasteiger partial charge in [0.1, 0.15) is 0 Å². The molecule has 0 unspecified atom stereocenters. The summed E-state index contributed by atoms with van der Waals surface area (Å²) in [5.74, 6) is 1.18. The summed E-state index contributed by atoms with van der Waals surface area (Å²) in [6.45, 7) is 0. The van der Waals surface area contributed by atoms with Crippen molar-refractivity contribution in [3.63, 3.8) is 0 Å². The van der Waals surface area contributed by atoms with Crippen LogP contribution in [0.2, 0.25) is 0 Å². The van der Waals surface area contributed by atoms with Crippen LogP contribution in [-0.2, 0) is 0 Å². The Labute approximate surface area is 111 Å². The van der Waals surface area contributed by atoms with Gasteiger partial charge in [-0.15, -0.1) is 0 Å². The van der Waals surface area contributed by atoms with E-state index in [0.717, 1.165) is 12.3 Å². The van der Waals surface area contributed by atoms with Gasteiger partial charge in [-0.25, -0.2) is 0 Å². The Morgan fingerprint density at radius 2 is 2.16 bits per heavy atom. The molecular formula is C14H16N2O3. The second-order valence-corrected chi connectivity index (χ2v) is 5.56. The Hall–Kier alpha value is -1.91. The van der Waals surface area contributed by atoms with Crippen LogP contribution in [0, 0.1) is 22.0 Å². The van der Waals surface area contributed by atoms with Crippen molar-refractivity contribution in [1.29, 1.82) is 0 Å². The molecule has 2 fully saturated rings. The van der Waals surface area contributed by atoms with Crippen molar-refractivity contribution in [3.8, 4) is 0 Å². The lowest BCUT2D eigenvalue weighted by Crippen LogP contribution is -2.38. The Bertz CT molecular complexity index is 529. The summed E-state index contributed by atoms with van der Waals surface area (Å²) in [7, 11) is 0. The average Bonchev–Trinajstić information content (AvgIpc) is 3.01. The van der Waals surface area contributed by atoms with Gasteiger partial charge in [-0.2, -0.15) is 0 Å². The quantitative estimate of drug-likeness (QED) is 0.670. The van der Waals surface area contributed by atoms with E-state index in [-0.39, 0.29) is 17.6 Å². The number of carbonyl (C=O) groups is 1. The second-order valence-electron chi connectivity index (χ2n) is 5.56. The van der Waals surface area contributed by atoms with Crippen LogP contribution in [0.4, 0.5) is 5.69 Å². The molecule has 0 radical (unpaired) electrons. The van der Waals surface area contributed by atoms with Gasteiger partial charge in [0.15, 0.2) is 0 Å². The SMILES string of the molecule is O=C(N[C@@H]1C[C@H]2CC[C@H]1C2)c1cccc([N+](=O)[O-])c1. The second kappa shape index (κ2) is 4.64. The smallest absolute Gasteiger partial charge is 0.270 e. The summed E-state index contributed by atoms with van der Waals surface area (Å²) >= 11 is 0. The summed E-state index contributed by atoms with van der Waals surface area (Å²) in [4.78, 5) is 22.3. The van der Waals surface area contributed by atoms with Crippen LogP contribution in [0.1, 0.15) is 36.0 Å². The van der Waals surface area contributed by atoms with Crippen LogP contribution in [-0.4, -0.2) is 16.9 Å². The summed E-state index contributed by atoms with van der Waals surface area (Å²) in [5, 5.41) is 13.7. The zero-order valence-electron chi connectivity index (χ0n) is 10.5. The lowest BCUT2D eigenvalue weighted by molar-refractivity contribution is -0.384. The van der Waals surface area contributed by atoms with Crippen LogP contribution in [0.15, 0.2) is 24.3 Å². The van der Waals surface area contributed by atoms with Gasteiger partial charge in [-0.3, -0.25) is 14.9 Å². The predicted octanol–water partition coefficient (Wildman–Crippen LogP) is 2.51. The third-order valence-electron chi connectivity index (χ3n) is 4.37. The van der Waals surface area contributed by atoms with Gasteiger partial charge in [0.25, 0.3) is 11.6 Å². The normalized spacial score (nSPS) is 28.3. The summed E-state index contributed by atoms with van der Waals surface area (Å²) in [6.07, 6.45) is 4.77. The van der Waals surface area contributed by atoms with Gasteiger partial charge in [0.2, 0.25) is 0 Å². The number of benzene rings is 1. The fourth-order valence-corrected chi connectivity index (χ4v) is 3.43. The first kappa shape index (κ1) is 12.1. The Balaban J connectivity index is 1.70. The highest BCUT2D eigenvalue weighted by Crippen LogP contribution is 2.44. The molecule has 1 aromatic rings. The van der Waals surface area contributed by atoms with Crippen molar-refractivity contribution >= 4 is 11.6 Å². The molecule has 0 aliphatic heterocycles. The summed E-state index contributed by atoms with van der Waals surface area (Å²) in [5.41, 5.74) is 0.331. The minimum Gasteiger partial charge on any atom is -0.349 e. The van der Waals surface area contributed by atoms with Crippen LogP contribution < -0.4 is 5.32 Å². The van der Waals surface area contributed by atoms with Gasteiger partial charge in [0.05, 0.1) is 4.92 Å². The van der Waals surface area contributed by atoms with E-state index in [1.54, 1.807) is 12.1 Å². The van der Waals surface area contributed by atoms with Gasteiger partial charge in [-0.05, 0) is 37.2 Å². The number of rotatable bonds is 3. The highest BCUT2D eigenvalue weighted by Gasteiger charge is 2.40. The maximum atomic E-state index is 12.1. The third-order valence-corrected chi connectivity index (χ3v) is 4.37. The number of nitrogens with zero attached hydrogens (tertiary/aromatic N) is 1. The third kappa shape index (κ3) is 2.32. The Kier molecular flexibility index (Phi) is 2.97. The molecule has 3 rings (SSSR count). The Morgan fingerprint density at radius 1 is 1.32 bits per heavy atom. The van der Waals surface area contributed by atoms with E-state index in [0.29, 0.717) is 11.5 Å². The number of hydrogen-bond acceptors (Lipinski definition) is 3. The summed E-state index contributed by atoms with van der Waals surface area (Å²) < 4.78 is 0. The topological polar surface area (TPSA) is 72.2 Å². The zero-order valence-corrected chi connectivity index (χ0v) is 10.5. The minimum atomic E-state index is -0.478. The number of fused-ring (bicyclic) bond motifs is 2. The fraction of sp³-hybridized carbons (Fsp3) is 0.500. The average molecular weight is 260 g/mol. The van der Waals surface area contributed by atoms with Crippen molar-refractivity contribution in [2.75, 3.05) is 0 Å². The van der Waals surface area contributed by atoms with E-state index in [9.17, 15) is 14.9 Å². The number of nitro groups is 1. The first-order chi connectivity index (χ1) is 9.13. The van der Waals surface area contributed by atoms with Crippen LogP contribution in [0.3, 0.4) is 0 Å². The molecule has 1 aromatic carbocycles. The molecule has 0 saturated heterocycles. The molecule has 3 atom stereocenters. The van der Waals surface area contributed by atoms with Gasteiger partial charge in [0, 0.05) is 23.7 Å². The van der Waals surface area contributed by atoms with E-state index in [2.05, 4.69) is 5.32 Å². The molecule has 2 aliphatic carbocycles. The Morgan fingerprint density at radius 3 is 2.79 bits per heavy atom. The van der Waals surface area contributed by atoms with Gasteiger partial charge < -0.3 is 5.32 Å².